The molecule has 3 heterocycles. The number of H-pyrrole nitrogens is 2. The number of anilines is 2. The monoisotopic (exact) mass is 277 g/mol. The number of hydrogen-bond donors (Lipinski definition) is 4. The molecule has 0 saturated carbocycles. The van der Waals surface area contributed by atoms with Gasteiger partial charge in [-0.2, -0.15) is 9.97 Å². The summed E-state index contributed by atoms with van der Waals surface area (Å²) < 4.78 is 0. The molecular weight excluding hydrogens is 270 g/mol. The molecule has 5 N–H and O–H groups in total. The van der Waals surface area contributed by atoms with Crippen LogP contribution < -0.4 is 11.1 Å². The van der Waals surface area contributed by atoms with Crippen molar-refractivity contribution in [2.24, 2.45) is 0 Å². The Balaban J connectivity index is 1.90. The fourth-order valence-electron chi connectivity index (χ4n) is 1.56. The van der Waals surface area contributed by atoms with E-state index in [-0.39, 0.29) is 11.1 Å². The zero-order valence-electron chi connectivity index (χ0n) is 9.44. The molecule has 0 radical (unpaired) electrons. The number of nitrogen functional groups attached to an aromatic ring is 1. The van der Waals surface area contributed by atoms with E-state index in [1.165, 1.54) is 18.6 Å². The van der Waals surface area contributed by atoms with Gasteiger partial charge in [0.2, 0.25) is 5.95 Å². The van der Waals surface area contributed by atoms with Crippen LogP contribution in [0.2, 0.25) is 5.15 Å². The van der Waals surface area contributed by atoms with E-state index in [0.717, 1.165) is 0 Å². The average molecular weight is 278 g/mol. The fourth-order valence-corrected chi connectivity index (χ4v) is 1.78. The Morgan fingerprint density at radius 2 is 2.21 bits per heavy atom. The third-order valence-electron chi connectivity index (χ3n) is 2.42. The minimum absolute atomic E-state index is 0.0720. The van der Waals surface area contributed by atoms with E-state index in [1.54, 1.807) is 0 Å². The Kier molecular flexibility index (Phi) is 2.57. The molecule has 0 bridgehead atoms. The van der Waals surface area contributed by atoms with Gasteiger partial charge in [-0.15, -0.1) is 0 Å². The van der Waals surface area contributed by atoms with Gasteiger partial charge in [0, 0.05) is 11.9 Å². The number of halogens is 1. The number of imidazole rings is 1. The second-order valence-corrected chi connectivity index (χ2v) is 4.10. The van der Waals surface area contributed by atoms with Gasteiger partial charge in [0.1, 0.15) is 11.2 Å². The van der Waals surface area contributed by atoms with Crippen LogP contribution in [0, 0.1) is 0 Å². The van der Waals surface area contributed by atoms with Crippen molar-refractivity contribution >= 4 is 40.3 Å². The van der Waals surface area contributed by atoms with Crippen molar-refractivity contribution in [3.8, 4) is 0 Å². The molecule has 3 aromatic rings. The number of nitrogens with zero attached hydrogens (tertiary/aromatic N) is 3. The highest BCUT2D eigenvalue weighted by atomic mass is 35.5. The second-order valence-electron chi connectivity index (χ2n) is 3.74. The highest BCUT2D eigenvalue weighted by molar-refractivity contribution is 6.33. The number of aromatic amines is 2. The van der Waals surface area contributed by atoms with E-state index >= 15 is 0 Å². The predicted molar refractivity (Wildman–Crippen MR) is 69.9 cm³/mol. The number of amides is 1. The molecule has 3 rings (SSSR count). The van der Waals surface area contributed by atoms with Crippen molar-refractivity contribution in [1.82, 2.24) is 24.9 Å². The number of aromatic nitrogens is 5. The molecule has 9 heteroatoms. The number of rotatable bonds is 2. The van der Waals surface area contributed by atoms with E-state index in [9.17, 15) is 4.79 Å². The SMILES string of the molecule is Nc1c[nH]c(C(=O)Nc2nc(Cl)c3[nH]cnc3n2)c1. The summed E-state index contributed by atoms with van der Waals surface area (Å²) in [7, 11) is 0. The predicted octanol–water partition coefficient (Wildman–Crippen LogP) is 1.17. The van der Waals surface area contributed by atoms with Crippen LogP contribution in [0.15, 0.2) is 18.6 Å². The largest absolute Gasteiger partial charge is 0.397 e. The zero-order chi connectivity index (χ0) is 13.4. The summed E-state index contributed by atoms with van der Waals surface area (Å²) >= 11 is 5.94. The van der Waals surface area contributed by atoms with Crippen molar-refractivity contribution < 1.29 is 4.79 Å². The maximum absolute atomic E-state index is 11.9. The summed E-state index contributed by atoms with van der Waals surface area (Å²) in [5.74, 6) is -0.342. The topological polar surface area (TPSA) is 125 Å². The van der Waals surface area contributed by atoms with Gasteiger partial charge in [-0.3, -0.25) is 10.1 Å². The first-order chi connectivity index (χ1) is 9.13. The Bertz CT molecular complexity index is 762. The summed E-state index contributed by atoms with van der Waals surface area (Å²) in [6.45, 7) is 0. The number of hydrogen-bond acceptors (Lipinski definition) is 5. The van der Waals surface area contributed by atoms with Gasteiger partial charge in [-0.05, 0) is 6.07 Å². The summed E-state index contributed by atoms with van der Waals surface area (Å²) in [5, 5.41) is 2.69. The Hall–Kier alpha value is -2.61. The number of fused-ring (bicyclic) bond motifs is 1. The van der Waals surface area contributed by atoms with E-state index < -0.39 is 5.91 Å². The molecule has 0 spiro atoms. The third kappa shape index (κ3) is 2.08. The molecule has 3 aromatic heterocycles. The maximum atomic E-state index is 11.9. The Morgan fingerprint density at radius 3 is 2.95 bits per heavy atom. The van der Waals surface area contributed by atoms with Crippen LogP contribution in [-0.4, -0.2) is 30.8 Å². The maximum Gasteiger partial charge on any atom is 0.274 e. The summed E-state index contributed by atoms with van der Waals surface area (Å²) in [4.78, 5) is 29.3. The first-order valence-corrected chi connectivity index (χ1v) is 5.63. The number of nitrogens with one attached hydrogen (secondary N) is 3. The van der Waals surface area contributed by atoms with Crippen molar-refractivity contribution in [2.75, 3.05) is 11.1 Å². The standard InChI is InChI=1S/C10H8ClN7O/c11-7-6-8(15-3-14-6)17-10(16-7)18-9(19)5-1-4(12)2-13-5/h1-3,13H,12H2,(H2,14,15,16,17,18,19). The van der Waals surface area contributed by atoms with Crippen molar-refractivity contribution in [3.63, 3.8) is 0 Å². The number of carbonyl (C=O) groups excluding carboxylic acids is 1. The van der Waals surface area contributed by atoms with E-state index in [4.69, 9.17) is 17.3 Å². The first kappa shape index (κ1) is 11.5. The highest BCUT2D eigenvalue weighted by Gasteiger charge is 2.13. The fraction of sp³-hybridized carbons (Fsp3) is 0. The molecule has 0 unspecified atom stereocenters. The minimum Gasteiger partial charge on any atom is -0.397 e. The quantitative estimate of drug-likeness (QED) is 0.523. The molecule has 0 aliphatic carbocycles. The lowest BCUT2D eigenvalue weighted by Crippen LogP contribution is -2.14. The number of nitrogens with two attached hydrogens (primary N) is 1. The summed E-state index contributed by atoms with van der Waals surface area (Å²) in [5.41, 5.74) is 7.18. The normalized spacial score (nSPS) is 10.8. The van der Waals surface area contributed by atoms with Crippen LogP contribution in [-0.2, 0) is 0 Å². The summed E-state index contributed by atoms with van der Waals surface area (Å²) in [6, 6.07) is 1.50. The molecule has 1 amide bonds. The smallest absolute Gasteiger partial charge is 0.274 e. The van der Waals surface area contributed by atoms with Crippen LogP contribution in [0.1, 0.15) is 10.5 Å². The Morgan fingerprint density at radius 1 is 1.37 bits per heavy atom. The molecule has 0 fully saturated rings. The zero-order valence-corrected chi connectivity index (χ0v) is 10.2. The van der Waals surface area contributed by atoms with Crippen molar-refractivity contribution in [1.29, 1.82) is 0 Å². The van der Waals surface area contributed by atoms with Crippen LogP contribution in [0.4, 0.5) is 11.6 Å². The molecule has 0 aliphatic rings. The lowest BCUT2D eigenvalue weighted by molar-refractivity contribution is 0.102. The minimum atomic E-state index is -0.414. The molecule has 0 aromatic carbocycles. The Labute approximate surface area is 111 Å². The van der Waals surface area contributed by atoms with Crippen molar-refractivity contribution in [2.45, 2.75) is 0 Å². The van der Waals surface area contributed by atoms with Gasteiger partial charge in [0.25, 0.3) is 5.91 Å². The van der Waals surface area contributed by atoms with Gasteiger partial charge in [0.05, 0.1) is 6.33 Å². The van der Waals surface area contributed by atoms with Gasteiger partial charge in [-0.1, -0.05) is 11.6 Å². The summed E-state index contributed by atoms with van der Waals surface area (Å²) in [6.07, 6.45) is 2.96. The highest BCUT2D eigenvalue weighted by Crippen LogP contribution is 2.18. The van der Waals surface area contributed by atoms with Crippen molar-refractivity contribution in [3.05, 3.63) is 29.4 Å². The van der Waals surface area contributed by atoms with E-state index in [0.29, 0.717) is 22.5 Å². The molecule has 0 aliphatic heterocycles. The van der Waals surface area contributed by atoms with Crippen LogP contribution in [0.25, 0.3) is 11.2 Å². The average Bonchev–Trinajstić information content (AvgIpc) is 2.97. The number of carbonyl (C=O) groups is 1. The molecule has 0 atom stereocenters. The molecule has 19 heavy (non-hydrogen) atoms. The van der Waals surface area contributed by atoms with Gasteiger partial charge in [0.15, 0.2) is 10.8 Å². The van der Waals surface area contributed by atoms with Crippen LogP contribution in [0.5, 0.6) is 0 Å². The van der Waals surface area contributed by atoms with E-state index in [2.05, 4.69) is 30.2 Å². The van der Waals surface area contributed by atoms with Crippen LogP contribution >= 0.6 is 11.6 Å². The lowest BCUT2D eigenvalue weighted by Gasteiger charge is -2.02. The molecule has 96 valence electrons. The van der Waals surface area contributed by atoms with Crippen LogP contribution in [0.3, 0.4) is 0 Å². The molecule has 0 saturated heterocycles. The molecule has 8 nitrogen and oxygen atoms in total. The van der Waals surface area contributed by atoms with E-state index in [1.807, 2.05) is 0 Å². The van der Waals surface area contributed by atoms with Gasteiger partial charge < -0.3 is 15.7 Å². The van der Waals surface area contributed by atoms with Gasteiger partial charge >= 0.3 is 0 Å². The van der Waals surface area contributed by atoms with Gasteiger partial charge in [-0.25, -0.2) is 4.98 Å². The third-order valence-corrected chi connectivity index (χ3v) is 2.69. The molecular formula is C10H8ClN7O. The lowest BCUT2D eigenvalue weighted by atomic mass is 10.4. The first-order valence-electron chi connectivity index (χ1n) is 5.25. The second kappa shape index (κ2) is 4.25.